The summed E-state index contributed by atoms with van der Waals surface area (Å²) in [6.45, 7) is 6.08. The number of likely N-dealkylation sites (tertiary alicyclic amines) is 1. The van der Waals surface area contributed by atoms with E-state index >= 15 is 0 Å². The summed E-state index contributed by atoms with van der Waals surface area (Å²) in [6, 6.07) is 0. The Hall–Kier alpha value is -0.860. The monoisotopic (exact) mass is 304 g/mol. The lowest BCUT2D eigenvalue weighted by molar-refractivity contribution is -0.127. The highest BCUT2D eigenvalue weighted by Crippen LogP contribution is 2.57. The molecule has 1 heterocycles. The highest BCUT2D eigenvalue weighted by molar-refractivity contribution is 5.77. The van der Waals surface area contributed by atoms with Crippen LogP contribution in [-0.4, -0.2) is 35.7 Å². The molecular weight excluding hydrogens is 272 g/mol. The van der Waals surface area contributed by atoms with Gasteiger partial charge < -0.3 is 4.90 Å². The van der Waals surface area contributed by atoms with Crippen molar-refractivity contribution < 1.29 is 4.79 Å². The Morgan fingerprint density at radius 1 is 1.14 bits per heavy atom. The highest BCUT2D eigenvalue weighted by atomic mass is 16.2. The first kappa shape index (κ1) is 16.0. The summed E-state index contributed by atoms with van der Waals surface area (Å²) < 4.78 is 0. The lowest BCUT2D eigenvalue weighted by Gasteiger charge is -2.55. The van der Waals surface area contributed by atoms with Gasteiger partial charge in [-0.1, -0.05) is 6.92 Å². The maximum Gasteiger partial charge on any atom is 0.222 e. The standard InChI is InChI=1S/C13H21N.C6H11NO/c1-2-3-14-13-7-10-4-11(8-13)6-12(5-10)9-13;1-2-7-5-3-4-6(7)8/h3,10-12H,2,4-9H2,1H3;2-5H2,1H3. The molecule has 4 aliphatic carbocycles. The van der Waals surface area contributed by atoms with Crippen LogP contribution >= 0.6 is 0 Å². The van der Waals surface area contributed by atoms with Crippen LogP contribution < -0.4 is 0 Å². The van der Waals surface area contributed by atoms with E-state index in [1.165, 1.54) is 38.5 Å². The van der Waals surface area contributed by atoms with Crippen molar-refractivity contribution >= 4 is 12.1 Å². The molecule has 0 radical (unpaired) electrons. The lowest BCUT2D eigenvalue weighted by atomic mass is 9.53. The number of amides is 1. The van der Waals surface area contributed by atoms with E-state index in [2.05, 4.69) is 13.1 Å². The van der Waals surface area contributed by atoms with Crippen LogP contribution in [0.2, 0.25) is 0 Å². The third kappa shape index (κ3) is 3.38. The summed E-state index contributed by atoms with van der Waals surface area (Å²) in [6.07, 6.45) is 13.9. The predicted octanol–water partition coefficient (Wildman–Crippen LogP) is 4.06. The molecule has 0 N–H and O–H groups in total. The zero-order chi connectivity index (χ0) is 15.6. The molecule has 0 aromatic heterocycles. The number of hydrogen-bond acceptors (Lipinski definition) is 2. The fourth-order valence-electron chi connectivity index (χ4n) is 5.55. The molecule has 4 bridgehead atoms. The SMILES string of the molecule is CCC=NC12CC3CC(CC(C3)C1)C2.CCN1CCCC1=O. The molecule has 5 rings (SSSR count). The molecule has 5 aliphatic rings. The van der Waals surface area contributed by atoms with Crippen LogP contribution in [0.25, 0.3) is 0 Å². The highest BCUT2D eigenvalue weighted by Gasteiger charge is 2.50. The van der Waals surface area contributed by atoms with E-state index in [4.69, 9.17) is 4.99 Å². The van der Waals surface area contributed by atoms with Crippen molar-refractivity contribution in [2.75, 3.05) is 13.1 Å². The molecule has 4 saturated carbocycles. The summed E-state index contributed by atoms with van der Waals surface area (Å²) in [7, 11) is 0. The number of rotatable bonds is 3. The van der Waals surface area contributed by atoms with Crippen LogP contribution in [-0.2, 0) is 4.79 Å². The average molecular weight is 304 g/mol. The van der Waals surface area contributed by atoms with Gasteiger partial charge in [0.2, 0.25) is 5.91 Å². The Balaban J connectivity index is 0.000000154. The third-order valence-electron chi connectivity index (χ3n) is 6.11. The summed E-state index contributed by atoms with van der Waals surface area (Å²) in [5.41, 5.74) is 0.421. The Morgan fingerprint density at radius 2 is 1.73 bits per heavy atom. The largest absolute Gasteiger partial charge is 0.343 e. The van der Waals surface area contributed by atoms with E-state index in [1.54, 1.807) is 0 Å². The van der Waals surface area contributed by atoms with Crippen molar-refractivity contribution in [1.82, 2.24) is 4.90 Å². The molecule has 0 unspecified atom stereocenters. The molecule has 3 nitrogen and oxygen atoms in total. The first-order valence-electron chi connectivity index (χ1n) is 9.45. The van der Waals surface area contributed by atoms with Crippen LogP contribution in [0.3, 0.4) is 0 Å². The molecule has 124 valence electrons. The lowest BCUT2D eigenvalue weighted by Crippen LogP contribution is -2.49. The van der Waals surface area contributed by atoms with Crippen molar-refractivity contribution in [2.24, 2.45) is 22.7 Å². The molecule has 5 fully saturated rings. The van der Waals surface area contributed by atoms with Gasteiger partial charge in [0.05, 0.1) is 5.54 Å². The molecule has 22 heavy (non-hydrogen) atoms. The molecule has 0 atom stereocenters. The van der Waals surface area contributed by atoms with Crippen LogP contribution in [0.15, 0.2) is 4.99 Å². The molecule has 1 amide bonds. The molecule has 0 aromatic carbocycles. The second-order valence-electron chi connectivity index (χ2n) is 7.94. The van der Waals surface area contributed by atoms with Crippen molar-refractivity contribution in [3.63, 3.8) is 0 Å². The molecule has 1 aliphatic heterocycles. The Morgan fingerprint density at radius 3 is 2.09 bits per heavy atom. The van der Waals surface area contributed by atoms with E-state index < -0.39 is 0 Å². The normalized spacial score (nSPS) is 39.5. The average Bonchev–Trinajstić information content (AvgIpc) is 2.90. The van der Waals surface area contributed by atoms with Crippen molar-refractivity contribution in [1.29, 1.82) is 0 Å². The minimum atomic E-state index is 0.326. The molecule has 1 saturated heterocycles. The van der Waals surface area contributed by atoms with Crippen LogP contribution in [0.4, 0.5) is 0 Å². The van der Waals surface area contributed by atoms with E-state index in [-0.39, 0.29) is 0 Å². The number of carbonyl (C=O) groups is 1. The summed E-state index contributed by atoms with van der Waals surface area (Å²) in [4.78, 5) is 17.5. The molecule has 0 spiro atoms. The Kier molecular flexibility index (Phi) is 4.89. The number of aliphatic imine (C=N–C) groups is 1. The van der Waals surface area contributed by atoms with E-state index in [1.807, 2.05) is 11.8 Å². The van der Waals surface area contributed by atoms with Crippen LogP contribution in [0.1, 0.15) is 71.6 Å². The predicted molar refractivity (Wildman–Crippen MR) is 91.2 cm³/mol. The van der Waals surface area contributed by atoms with E-state index in [9.17, 15) is 4.79 Å². The first-order chi connectivity index (χ1) is 10.6. The molecular formula is C19H32N2O. The quantitative estimate of drug-likeness (QED) is 0.724. The Labute approximate surface area is 135 Å². The van der Waals surface area contributed by atoms with Gasteiger partial charge >= 0.3 is 0 Å². The van der Waals surface area contributed by atoms with Crippen molar-refractivity contribution in [3.05, 3.63) is 0 Å². The Bertz CT molecular complexity index is 394. The fourth-order valence-corrected chi connectivity index (χ4v) is 5.55. The smallest absolute Gasteiger partial charge is 0.222 e. The van der Waals surface area contributed by atoms with Gasteiger partial charge in [-0.2, -0.15) is 0 Å². The van der Waals surface area contributed by atoms with Gasteiger partial charge in [0.15, 0.2) is 0 Å². The molecule has 3 heteroatoms. The van der Waals surface area contributed by atoms with Gasteiger partial charge in [-0.3, -0.25) is 9.79 Å². The van der Waals surface area contributed by atoms with Crippen molar-refractivity contribution in [3.8, 4) is 0 Å². The fraction of sp³-hybridized carbons (Fsp3) is 0.895. The number of nitrogens with zero attached hydrogens (tertiary/aromatic N) is 2. The van der Waals surface area contributed by atoms with Gasteiger partial charge in [0.1, 0.15) is 0 Å². The second kappa shape index (κ2) is 6.72. The second-order valence-corrected chi connectivity index (χ2v) is 7.94. The number of carbonyl (C=O) groups excluding carboxylic acids is 1. The topological polar surface area (TPSA) is 32.7 Å². The summed E-state index contributed by atoms with van der Waals surface area (Å²) in [5, 5.41) is 0. The van der Waals surface area contributed by atoms with Gasteiger partial charge in [-0.25, -0.2) is 0 Å². The summed E-state index contributed by atoms with van der Waals surface area (Å²) >= 11 is 0. The maximum absolute atomic E-state index is 10.7. The van der Waals surface area contributed by atoms with Gasteiger partial charge in [0.25, 0.3) is 0 Å². The maximum atomic E-state index is 10.7. The zero-order valence-corrected chi connectivity index (χ0v) is 14.4. The van der Waals surface area contributed by atoms with E-state index in [0.717, 1.165) is 50.1 Å². The zero-order valence-electron chi connectivity index (χ0n) is 14.4. The minimum absolute atomic E-state index is 0.326. The summed E-state index contributed by atoms with van der Waals surface area (Å²) in [5.74, 6) is 3.44. The van der Waals surface area contributed by atoms with Crippen molar-refractivity contribution in [2.45, 2.75) is 77.2 Å². The van der Waals surface area contributed by atoms with Crippen LogP contribution in [0.5, 0.6) is 0 Å². The van der Waals surface area contributed by atoms with Crippen LogP contribution in [0, 0.1) is 17.8 Å². The van der Waals surface area contributed by atoms with Gasteiger partial charge in [-0.15, -0.1) is 0 Å². The minimum Gasteiger partial charge on any atom is -0.343 e. The first-order valence-corrected chi connectivity index (χ1v) is 9.45. The van der Waals surface area contributed by atoms with Gasteiger partial charge in [0, 0.05) is 19.5 Å². The molecule has 0 aromatic rings. The number of hydrogen-bond donors (Lipinski definition) is 0. The van der Waals surface area contributed by atoms with Gasteiger partial charge in [-0.05, 0) is 82.3 Å². The third-order valence-corrected chi connectivity index (χ3v) is 6.11. The van der Waals surface area contributed by atoms with E-state index in [0.29, 0.717) is 11.4 Å².